The van der Waals surface area contributed by atoms with Gasteiger partial charge in [-0.2, -0.15) is 13.2 Å². The molecule has 1 heterocycles. The fraction of sp³-hybridized carbons (Fsp3) is 0.286. The Morgan fingerprint density at radius 1 is 0.944 bits per heavy atom. The van der Waals surface area contributed by atoms with E-state index in [-0.39, 0.29) is 16.8 Å². The second-order valence-corrected chi connectivity index (χ2v) is 9.05. The third kappa shape index (κ3) is 5.12. The molecule has 2 atom stereocenters. The predicted octanol–water partition coefficient (Wildman–Crippen LogP) is 6.69. The second kappa shape index (κ2) is 10.1. The number of alkyl halides is 3. The molecule has 3 aromatic carbocycles. The number of aryl methyl sites for hydroxylation is 2. The van der Waals surface area contributed by atoms with Gasteiger partial charge in [0.15, 0.2) is 0 Å². The number of hydrogen-bond acceptors (Lipinski definition) is 2. The van der Waals surface area contributed by atoms with Crippen molar-refractivity contribution in [1.29, 1.82) is 0 Å². The number of carbonyl (C=O) groups is 2. The maximum Gasteiger partial charge on any atom is 0.416 e. The van der Waals surface area contributed by atoms with E-state index in [1.54, 1.807) is 43.3 Å². The van der Waals surface area contributed by atoms with Crippen LogP contribution in [-0.4, -0.2) is 23.3 Å². The van der Waals surface area contributed by atoms with Gasteiger partial charge in [-0.15, -0.1) is 0 Å². The molecule has 2 amide bonds. The Kier molecular flexibility index (Phi) is 7.15. The van der Waals surface area contributed by atoms with Crippen molar-refractivity contribution < 1.29 is 27.2 Å². The Morgan fingerprint density at radius 2 is 1.67 bits per heavy atom. The minimum Gasteiger partial charge on any atom is -0.331 e. The van der Waals surface area contributed by atoms with Crippen molar-refractivity contribution in [3.05, 3.63) is 100 Å². The number of anilines is 1. The lowest BCUT2D eigenvalue weighted by molar-refractivity contribution is -0.138. The average Bonchev–Trinajstić information content (AvgIpc) is 2.84. The molecular formula is C28H26F4N2O2. The van der Waals surface area contributed by atoms with Crippen molar-refractivity contribution in [1.82, 2.24) is 4.90 Å². The van der Waals surface area contributed by atoms with Crippen LogP contribution in [0, 0.1) is 25.6 Å². The summed E-state index contributed by atoms with van der Waals surface area (Å²) in [5.74, 6) is -2.40. The van der Waals surface area contributed by atoms with Gasteiger partial charge in [-0.1, -0.05) is 48.5 Å². The van der Waals surface area contributed by atoms with Crippen molar-refractivity contribution in [3.8, 4) is 0 Å². The first-order chi connectivity index (χ1) is 17.1. The molecule has 0 unspecified atom stereocenters. The molecule has 0 aromatic heterocycles. The first-order valence-corrected chi connectivity index (χ1v) is 11.7. The molecule has 0 bridgehead atoms. The van der Waals surface area contributed by atoms with Crippen LogP contribution in [0.3, 0.4) is 0 Å². The van der Waals surface area contributed by atoms with Crippen LogP contribution in [0.15, 0.2) is 66.7 Å². The van der Waals surface area contributed by atoms with E-state index >= 15 is 0 Å². The van der Waals surface area contributed by atoms with Crippen molar-refractivity contribution in [2.45, 2.75) is 38.9 Å². The zero-order valence-corrected chi connectivity index (χ0v) is 19.9. The number of hydrogen-bond donors (Lipinski definition) is 1. The molecule has 1 aliphatic heterocycles. The van der Waals surface area contributed by atoms with Gasteiger partial charge in [0.2, 0.25) is 5.91 Å². The molecule has 8 heteroatoms. The number of carbonyl (C=O) groups excluding carboxylic acids is 2. The smallest absolute Gasteiger partial charge is 0.331 e. The summed E-state index contributed by atoms with van der Waals surface area (Å²) in [6.45, 7) is 3.32. The molecule has 4 rings (SSSR count). The second-order valence-electron chi connectivity index (χ2n) is 9.05. The van der Waals surface area contributed by atoms with Crippen LogP contribution in [0.5, 0.6) is 0 Å². The van der Waals surface area contributed by atoms with E-state index in [0.29, 0.717) is 30.5 Å². The number of nitrogens with one attached hydrogen (secondary N) is 1. The molecular weight excluding hydrogens is 472 g/mol. The zero-order valence-electron chi connectivity index (χ0n) is 19.9. The number of benzene rings is 3. The molecule has 1 saturated heterocycles. The van der Waals surface area contributed by atoms with Gasteiger partial charge in [0.1, 0.15) is 5.82 Å². The van der Waals surface area contributed by atoms with E-state index in [1.807, 2.05) is 0 Å². The van der Waals surface area contributed by atoms with E-state index in [2.05, 4.69) is 5.32 Å². The van der Waals surface area contributed by atoms with Crippen molar-refractivity contribution in [2.24, 2.45) is 5.92 Å². The summed E-state index contributed by atoms with van der Waals surface area (Å²) >= 11 is 0. The molecule has 0 saturated carbocycles. The van der Waals surface area contributed by atoms with Crippen LogP contribution in [0.2, 0.25) is 0 Å². The van der Waals surface area contributed by atoms with Gasteiger partial charge in [0.05, 0.1) is 23.1 Å². The molecule has 4 nitrogen and oxygen atoms in total. The minimum absolute atomic E-state index is 0.0261. The maximum atomic E-state index is 14.7. The summed E-state index contributed by atoms with van der Waals surface area (Å²) in [6.07, 6.45) is -3.64. The number of rotatable bonds is 4. The summed E-state index contributed by atoms with van der Waals surface area (Å²) in [7, 11) is 0. The third-order valence-electron chi connectivity index (χ3n) is 6.62. The van der Waals surface area contributed by atoms with Crippen LogP contribution in [0.25, 0.3) is 0 Å². The van der Waals surface area contributed by atoms with Crippen molar-refractivity contribution in [2.75, 3.05) is 11.9 Å². The highest BCUT2D eigenvalue weighted by Gasteiger charge is 2.41. The van der Waals surface area contributed by atoms with E-state index in [1.165, 1.54) is 36.1 Å². The summed E-state index contributed by atoms with van der Waals surface area (Å²) in [5.41, 5.74) is 0.385. The van der Waals surface area contributed by atoms with Crippen LogP contribution in [0.4, 0.5) is 23.2 Å². The van der Waals surface area contributed by atoms with Gasteiger partial charge in [-0.05, 0) is 61.6 Å². The number of likely N-dealkylation sites (tertiary alicyclic amines) is 1. The number of halogens is 4. The summed E-state index contributed by atoms with van der Waals surface area (Å²) < 4.78 is 54.8. The van der Waals surface area contributed by atoms with Crippen LogP contribution in [0.1, 0.15) is 51.5 Å². The average molecular weight is 499 g/mol. The summed E-state index contributed by atoms with van der Waals surface area (Å²) in [6, 6.07) is 16.3. The molecule has 0 radical (unpaired) electrons. The lowest BCUT2D eigenvalue weighted by Crippen LogP contribution is -2.46. The first-order valence-electron chi connectivity index (χ1n) is 11.7. The fourth-order valence-corrected chi connectivity index (χ4v) is 4.85. The Hall–Kier alpha value is -3.68. The zero-order chi connectivity index (χ0) is 26.0. The highest BCUT2D eigenvalue weighted by molar-refractivity contribution is 5.98. The molecule has 1 aliphatic rings. The molecule has 0 aliphatic carbocycles. The number of nitrogens with zero attached hydrogens (tertiary/aromatic N) is 1. The lowest BCUT2D eigenvalue weighted by Gasteiger charge is -2.41. The SMILES string of the molecule is Cc1ccc(NC(=O)[C@H]2CCCN(C(=O)c3c(C)cccc3F)[C@H]2c2ccccc2)cc1C(F)(F)F. The monoisotopic (exact) mass is 498 g/mol. The quantitative estimate of drug-likeness (QED) is 0.407. The Balaban J connectivity index is 1.69. The van der Waals surface area contributed by atoms with Crippen LogP contribution >= 0.6 is 0 Å². The van der Waals surface area contributed by atoms with Crippen LogP contribution in [-0.2, 0) is 11.0 Å². The minimum atomic E-state index is -4.55. The first kappa shape index (κ1) is 25.4. The van der Waals surface area contributed by atoms with Gasteiger partial charge < -0.3 is 10.2 Å². The third-order valence-corrected chi connectivity index (χ3v) is 6.62. The Labute approximate surface area is 206 Å². The van der Waals surface area contributed by atoms with Gasteiger partial charge >= 0.3 is 6.18 Å². The van der Waals surface area contributed by atoms with Crippen molar-refractivity contribution in [3.63, 3.8) is 0 Å². The number of piperidine rings is 1. The molecule has 0 spiro atoms. The van der Waals surface area contributed by atoms with Crippen LogP contribution < -0.4 is 5.32 Å². The topological polar surface area (TPSA) is 49.4 Å². The molecule has 36 heavy (non-hydrogen) atoms. The van der Waals surface area contributed by atoms with E-state index < -0.39 is 41.3 Å². The molecule has 188 valence electrons. The summed E-state index contributed by atoms with van der Waals surface area (Å²) in [5, 5.41) is 2.62. The molecule has 3 aromatic rings. The standard InChI is InChI=1S/C28H26F4N2O2/c1-17-13-14-20(16-22(17)28(30,31)32)33-26(35)21-11-7-15-34(25(21)19-9-4-3-5-10-19)27(36)24-18(2)8-6-12-23(24)29/h3-6,8-10,12-14,16,21,25H,7,11,15H2,1-2H3,(H,33,35)/t21-,25-/m0/s1. The van der Waals surface area contributed by atoms with Gasteiger partial charge in [-0.3, -0.25) is 9.59 Å². The Bertz CT molecular complexity index is 1250. The lowest BCUT2D eigenvalue weighted by atomic mass is 9.83. The fourth-order valence-electron chi connectivity index (χ4n) is 4.85. The summed E-state index contributed by atoms with van der Waals surface area (Å²) in [4.78, 5) is 28.5. The Morgan fingerprint density at radius 3 is 2.33 bits per heavy atom. The number of amides is 2. The van der Waals surface area contributed by atoms with E-state index in [0.717, 1.165) is 6.07 Å². The van der Waals surface area contributed by atoms with Gasteiger partial charge in [-0.25, -0.2) is 4.39 Å². The molecule has 1 N–H and O–H groups in total. The van der Waals surface area contributed by atoms with Gasteiger partial charge in [0, 0.05) is 12.2 Å². The van der Waals surface area contributed by atoms with E-state index in [4.69, 9.17) is 0 Å². The van der Waals surface area contributed by atoms with E-state index in [9.17, 15) is 27.2 Å². The largest absolute Gasteiger partial charge is 0.416 e. The predicted molar refractivity (Wildman–Crippen MR) is 129 cm³/mol. The molecule has 1 fully saturated rings. The highest BCUT2D eigenvalue weighted by Crippen LogP contribution is 2.39. The normalized spacial score (nSPS) is 18.1. The highest BCUT2D eigenvalue weighted by atomic mass is 19.4. The van der Waals surface area contributed by atoms with Gasteiger partial charge in [0.25, 0.3) is 5.91 Å². The maximum absolute atomic E-state index is 14.7. The van der Waals surface area contributed by atoms with Crippen molar-refractivity contribution >= 4 is 17.5 Å².